The van der Waals surface area contributed by atoms with Crippen molar-refractivity contribution in [2.75, 3.05) is 16.3 Å². The van der Waals surface area contributed by atoms with E-state index in [-0.39, 0.29) is 18.4 Å². The first-order valence-electron chi connectivity index (χ1n) is 9.26. The molecule has 3 aromatic rings. The van der Waals surface area contributed by atoms with Crippen LogP contribution in [0.3, 0.4) is 0 Å². The minimum absolute atomic E-state index is 0.0393. The van der Waals surface area contributed by atoms with Crippen LogP contribution < -0.4 is 9.80 Å². The highest BCUT2D eigenvalue weighted by molar-refractivity contribution is 7.08. The number of hydrogen-bond acceptors (Lipinski definition) is 3. The summed E-state index contributed by atoms with van der Waals surface area (Å²) in [5.41, 5.74) is 5.65. The molecule has 0 aliphatic carbocycles. The Balaban J connectivity index is 1.81. The number of aryl methyl sites for hydroxylation is 2. The Morgan fingerprint density at radius 3 is 2.39 bits per heavy atom. The third kappa shape index (κ3) is 3.12. The topological polar surface area (TPSA) is 40.6 Å². The third-order valence-electron chi connectivity index (χ3n) is 5.36. The molecule has 1 aromatic heterocycles. The van der Waals surface area contributed by atoms with E-state index >= 15 is 0 Å². The van der Waals surface area contributed by atoms with Gasteiger partial charge in [-0.15, -0.1) is 0 Å². The first kappa shape index (κ1) is 18.4. The number of amides is 2. The van der Waals surface area contributed by atoms with Crippen molar-refractivity contribution in [3.63, 3.8) is 0 Å². The second-order valence-corrected chi connectivity index (χ2v) is 7.98. The van der Waals surface area contributed by atoms with Crippen molar-refractivity contribution < 1.29 is 9.59 Å². The van der Waals surface area contributed by atoms with Crippen LogP contribution in [0.2, 0.25) is 0 Å². The van der Waals surface area contributed by atoms with Crippen molar-refractivity contribution in [3.8, 4) is 0 Å². The van der Waals surface area contributed by atoms with E-state index in [2.05, 4.69) is 0 Å². The van der Waals surface area contributed by atoms with Crippen LogP contribution in [0.4, 0.5) is 11.4 Å². The van der Waals surface area contributed by atoms with E-state index < -0.39 is 6.04 Å². The summed E-state index contributed by atoms with van der Waals surface area (Å²) in [5, 5.41) is 3.89. The lowest BCUT2D eigenvalue weighted by Crippen LogP contribution is -2.56. The molecule has 4 rings (SSSR count). The number of anilines is 2. The van der Waals surface area contributed by atoms with Crippen molar-refractivity contribution in [3.05, 3.63) is 81.5 Å². The molecular weight excluding hydrogens is 368 g/mol. The summed E-state index contributed by atoms with van der Waals surface area (Å²) in [6.45, 7) is 6.06. The molecule has 1 atom stereocenters. The summed E-state index contributed by atoms with van der Waals surface area (Å²) in [7, 11) is 0. The molecule has 0 bridgehead atoms. The summed E-state index contributed by atoms with van der Waals surface area (Å²) < 4.78 is 0. The lowest BCUT2D eigenvalue weighted by Gasteiger charge is -2.40. The molecule has 28 heavy (non-hydrogen) atoms. The van der Waals surface area contributed by atoms with Crippen LogP contribution in [0.5, 0.6) is 0 Å². The molecule has 4 nitrogen and oxygen atoms in total. The fraction of sp³-hybridized carbons (Fsp3) is 0.217. The molecule has 0 radical (unpaired) electrons. The molecule has 2 amide bonds. The molecule has 0 spiro atoms. The van der Waals surface area contributed by atoms with E-state index in [1.54, 1.807) is 9.80 Å². The highest BCUT2D eigenvalue weighted by Crippen LogP contribution is 2.36. The maximum Gasteiger partial charge on any atom is 0.255 e. The number of hydrogen-bond donors (Lipinski definition) is 0. The second kappa shape index (κ2) is 7.24. The van der Waals surface area contributed by atoms with Crippen LogP contribution in [0.15, 0.2) is 59.3 Å². The van der Waals surface area contributed by atoms with E-state index in [4.69, 9.17) is 0 Å². The van der Waals surface area contributed by atoms with E-state index in [9.17, 15) is 9.59 Å². The van der Waals surface area contributed by atoms with Crippen LogP contribution >= 0.6 is 11.3 Å². The Morgan fingerprint density at radius 2 is 1.71 bits per heavy atom. The molecule has 0 unspecified atom stereocenters. The number of carbonyl (C=O) groups is 2. The fourth-order valence-electron chi connectivity index (χ4n) is 3.64. The Bertz CT molecular complexity index is 1030. The highest BCUT2D eigenvalue weighted by Gasteiger charge is 2.42. The van der Waals surface area contributed by atoms with Crippen LogP contribution in [-0.2, 0) is 9.59 Å². The van der Waals surface area contributed by atoms with Gasteiger partial charge in [-0.1, -0.05) is 29.8 Å². The summed E-state index contributed by atoms with van der Waals surface area (Å²) in [6.07, 6.45) is 0. The minimum atomic E-state index is -0.657. The van der Waals surface area contributed by atoms with Gasteiger partial charge in [0, 0.05) is 11.4 Å². The Hall–Kier alpha value is -2.92. The van der Waals surface area contributed by atoms with Crippen LogP contribution in [0.25, 0.3) is 0 Å². The summed E-state index contributed by atoms with van der Waals surface area (Å²) in [4.78, 5) is 30.1. The molecule has 1 aliphatic heterocycles. The van der Waals surface area contributed by atoms with Crippen molar-refractivity contribution >= 4 is 34.5 Å². The number of piperazine rings is 1. The van der Waals surface area contributed by atoms with Gasteiger partial charge in [-0.25, -0.2) is 0 Å². The van der Waals surface area contributed by atoms with Crippen LogP contribution in [0, 0.1) is 20.8 Å². The predicted molar refractivity (Wildman–Crippen MR) is 114 cm³/mol. The lowest BCUT2D eigenvalue weighted by atomic mass is 10.00. The first-order chi connectivity index (χ1) is 13.5. The average molecular weight is 391 g/mol. The number of rotatable bonds is 3. The number of carbonyl (C=O) groups excluding carboxylic acids is 2. The molecule has 142 valence electrons. The molecule has 5 heteroatoms. The molecule has 0 N–H and O–H groups in total. The van der Waals surface area contributed by atoms with Crippen molar-refractivity contribution in [1.82, 2.24) is 0 Å². The van der Waals surface area contributed by atoms with Gasteiger partial charge in [0.1, 0.15) is 12.6 Å². The van der Waals surface area contributed by atoms with Crippen molar-refractivity contribution in [1.29, 1.82) is 0 Å². The Labute approximate surface area is 169 Å². The maximum atomic E-state index is 13.6. The first-order valence-corrected chi connectivity index (χ1v) is 10.2. The zero-order valence-corrected chi connectivity index (χ0v) is 17.0. The average Bonchev–Trinajstić information content (AvgIpc) is 3.21. The maximum absolute atomic E-state index is 13.6. The Morgan fingerprint density at radius 1 is 0.964 bits per heavy atom. The monoisotopic (exact) mass is 390 g/mol. The van der Waals surface area contributed by atoms with Gasteiger partial charge in [0.15, 0.2) is 0 Å². The SMILES string of the molecule is Cc1ccc(N2C(=O)CN(c3cccc(C)c3C)C(=O)[C@@H]2c2ccsc2)cc1. The zero-order chi connectivity index (χ0) is 19.8. The van der Waals surface area contributed by atoms with E-state index in [0.29, 0.717) is 0 Å². The van der Waals surface area contributed by atoms with Crippen molar-refractivity contribution in [2.45, 2.75) is 26.8 Å². The second-order valence-electron chi connectivity index (χ2n) is 7.20. The van der Waals surface area contributed by atoms with E-state index in [1.807, 2.05) is 80.1 Å². The summed E-state index contributed by atoms with van der Waals surface area (Å²) >= 11 is 1.53. The molecule has 0 saturated carbocycles. The zero-order valence-electron chi connectivity index (χ0n) is 16.2. The number of thiophene rings is 1. The van der Waals surface area contributed by atoms with E-state index in [1.165, 1.54) is 11.3 Å². The van der Waals surface area contributed by atoms with Crippen LogP contribution in [-0.4, -0.2) is 18.4 Å². The van der Waals surface area contributed by atoms with Gasteiger partial charge in [0.2, 0.25) is 5.91 Å². The number of benzene rings is 2. The highest BCUT2D eigenvalue weighted by atomic mass is 32.1. The van der Waals surface area contributed by atoms with Gasteiger partial charge >= 0.3 is 0 Å². The molecule has 1 saturated heterocycles. The molecule has 2 heterocycles. The van der Waals surface area contributed by atoms with Gasteiger partial charge in [-0.3, -0.25) is 14.5 Å². The molecule has 1 aliphatic rings. The number of nitrogens with zero attached hydrogens (tertiary/aromatic N) is 2. The smallest absolute Gasteiger partial charge is 0.255 e. The third-order valence-corrected chi connectivity index (χ3v) is 6.06. The summed E-state index contributed by atoms with van der Waals surface area (Å²) in [6, 6.07) is 14.9. The van der Waals surface area contributed by atoms with Gasteiger partial charge in [-0.05, 0) is 72.5 Å². The Kier molecular flexibility index (Phi) is 4.77. The quantitative estimate of drug-likeness (QED) is 0.645. The predicted octanol–water partition coefficient (Wildman–Crippen LogP) is 4.79. The van der Waals surface area contributed by atoms with Gasteiger partial charge < -0.3 is 4.90 Å². The standard InChI is InChI=1S/C23H22N2O2S/c1-15-7-9-19(10-8-15)25-21(26)13-24(20-6-4-5-16(2)17(20)3)23(27)22(25)18-11-12-28-14-18/h4-12,14,22H,13H2,1-3H3/t22-/m0/s1. The fourth-order valence-corrected chi connectivity index (χ4v) is 4.32. The van der Waals surface area contributed by atoms with E-state index in [0.717, 1.165) is 33.6 Å². The van der Waals surface area contributed by atoms with Crippen LogP contribution in [0.1, 0.15) is 28.3 Å². The molecular formula is C23H22N2O2S. The summed E-state index contributed by atoms with van der Waals surface area (Å²) in [5.74, 6) is -0.159. The van der Waals surface area contributed by atoms with Crippen molar-refractivity contribution in [2.24, 2.45) is 0 Å². The minimum Gasteiger partial charge on any atom is -0.301 e. The van der Waals surface area contributed by atoms with Gasteiger partial charge in [-0.2, -0.15) is 11.3 Å². The van der Waals surface area contributed by atoms with Gasteiger partial charge in [0.25, 0.3) is 5.91 Å². The molecule has 2 aromatic carbocycles. The molecule has 1 fully saturated rings. The lowest BCUT2D eigenvalue weighted by molar-refractivity contribution is -0.128. The largest absolute Gasteiger partial charge is 0.301 e. The van der Waals surface area contributed by atoms with Gasteiger partial charge in [0.05, 0.1) is 0 Å². The normalized spacial score (nSPS) is 17.3.